The van der Waals surface area contributed by atoms with Gasteiger partial charge in [-0.1, -0.05) is 30.3 Å². The van der Waals surface area contributed by atoms with Gasteiger partial charge in [-0.15, -0.1) is 0 Å². The largest absolute Gasteiger partial charge is 0.448 e. The summed E-state index contributed by atoms with van der Waals surface area (Å²) in [5.74, 6) is -3.90. The summed E-state index contributed by atoms with van der Waals surface area (Å²) in [6.45, 7) is 5.45. The molecule has 3 aromatic carbocycles. The summed E-state index contributed by atoms with van der Waals surface area (Å²) in [6, 6.07) is 11.9. The van der Waals surface area contributed by atoms with Crippen LogP contribution in [0.3, 0.4) is 0 Å². The number of benzene rings is 3. The first-order chi connectivity index (χ1) is 16.2. The number of rotatable bonds is 6. The molecule has 0 spiro atoms. The van der Waals surface area contributed by atoms with Gasteiger partial charge in [0.1, 0.15) is 11.5 Å². The average Bonchev–Trinajstić information content (AvgIpc) is 2.74. The quantitative estimate of drug-likeness (QED) is 0.284. The van der Waals surface area contributed by atoms with Crippen LogP contribution in [-0.4, -0.2) is 42.9 Å². The maximum Gasteiger partial charge on any atom is 0.426 e. The molecule has 0 radical (unpaired) electrons. The Hall–Kier alpha value is -3.44. The number of halogens is 3. The van der Waals surface area contributed by atoms with Crippen LogP contribution in [0.1, 0.15) is 37.4 Å². The van der Waals surface area contributed by atoms with Crippen LogP contribution in [0.2, 0.25) is 0 Å². The number of carbonyl (C=O) groups excluding carboxylic acids is 2. The molecule has 0 aliphatic carbocycles. The third-order valence-corrected chi connectivity index (χ3v) is 6.04. The summed E-state index contributed by atoms with van der Waals surface area (Å²) in [4.78, 5) is 25.4. The number of ether oxygens (including phenoxy) is 2. The Labute approximate surface area is 199 Å². The van der Waals surface area contributed by atoms with Crippen molar-refractivity contribution in [1.29, 1.82) is 0 Å². The van der Waals surface area contributed by atoms with E-state index in [0.717, 1.165) is 16.7 Å². The molecule has 0 bridgehead atoms. The van der Waals surface area contributed by atoms with Crippen molar-refractivity contribution in [3.8, 4) is 5.75 Å². The molecule has 0 saturated carbocycles. The number of aryl methyl sites for hydroxylation is 2. The van der Waals surface area contributed by atoms with Gasteiger partial charge in [-0.05, 0) is 61.0 Å². The molecule has 0 aliphatic heterocycles. The molecule has 0 aromatic heterocycles. The highest BCUT2D eigenvalue weighted by Crippen LogP contribution is 2.31. The summed E-state index contributed by atoms with van der Waals surface area (Å²) in [6.07, 6.45) is -8.31. The predicted molar refractivity (Wildman–Crippen MR) is 121 cm³/mol. The standard InChI is InChI=1S/C24H21F3O7S/c1-13-10-14(2)15(3)19(11-13)23(29)33-20-9-5-6-16-17(20)7-4-8-18(16)22(28)34-21(24(25,26)27)12-35(30,31)32/h4-11,21H,12H2,1-3H3,(H,30,31,32). The molecule has 35 heavy (non-hydrogen) atoms. The van der Waals surface area contributed by atoms with Crippen molar-refractivity contribution in [3.63, 3.8) is 0 Å². The lowest BCUT2D eigenvalue weighted by atomic mass is 10.00. The van der Waals surface area contributed by atoms with Gasteiger partial charge in [-0.3, -0.25) is 4.55 Å². The molecule has 1 atom stereocenters. The van der Waals surface area contributed by atoms with Gasteiger partial charge in [0.05, 0.1) is 11.1 Å². The first-order valence-electron chi connectivity index (χ1n) is 10.2. The van der Waals surface area contributed by atoms with Crippen molar-refractivity contribution < 1.29 is 45.2 Å². The maximum absolute atomic E-state index is 13.2. The average molecular weight is 510 g/mol. The number of carbonyl (C=O) groups is 2. The fraction of sp³-hybridized carbons (Fsp3) is 0.250. The minimum atomic E-state index is -5.24. The Bertz CT molecular complexity index is 1410. The Morgan fingerprint density at radius 2 is 1.57 bits per heavy atom. The summed E-state index contributed by atoms with van der Waals surface area (Å²) in [5.41, 5.74) is 2.50. The van der Waals surface area contributed by atoms with E-state index in [4.69, 9.17) is 9.29 Å². The molecule has 0 amide bonds. The summed E-state index contributed by atoms with van der Waals surface area (Å²) in [7, 11) is -5.09. The van der Waals surface area contributed by atoms with Crippen LogP contribution >= 0.6 is 0 Å². The third-order valence-electron chi connectivity index (χ3n) is 5.31. The van der Waals surface area contributed by atoms with Crippen molar-refractivity contribution >= 4 is 32.8 Å². The van der Waals surface area contributed by atoms with Gasteiger partial charge in [0.2, 0.25) is 6.10 Å². The minimum Gasteiger partial charge on any atom is -0.448 e. The molecule has 0 saturated heterocycles. The number of hydrogen-bond donors (Lipinski definition) is 1. The van der Waals surface area contributed by atoms with E-state index in [0.29, 0.717) is 5.56 Å². The fourth-order valence-corrected chi connectivity index (χ4v) is 4.17. The first-order valence-corrected chi connectivity index (χ1v) is 11.8. The molecule has 0 fully saturated rings. The van der Waals surface area contributed by atoms with Crippen LogP contribution in [-0.2, 0) is 14.9 Å². The van der Waals surface area contributed by atoms with E-state index in [9.17, 15) is 31.2 Å². The second-order valence-electron chi connectivity index (χ2n) is 7.98. The molecular weight excluding hydrogens is 489 g/mol. The fourth-order valence-electron chi connectivity index (χ4n) is 3.53. The van der Waals surface area contributed by atoms with Crippen molar-refractivity contribution in [2.24, 2.45) is 0 Å². The SMILES string of the molecule is Cc1cc(C)c(C)c(C(=O)Oc2cccc3c(C(=O)OC(CS(=O)(=O)O)C(F)(F)F)cccc23)c1. The van der Waals surface area contributed by atoms with E-state index >= 15 is 0 Å². The van der Waals surface area contributed by atoms with Crippen LogP contribution in [0.5, 0.6) is 5.75 Å². The summed E-state index contributed by atoms with van der Waals surface area (Å²) in [5, 5.41) is 0.364. The van der Waals surface area contributed by atoms with E-state index < -0.39 is 40.1 Å². The van der Waals surface area contributed by atoms with Gasteiger partial charge in [0.15, 0.2) is 0 Å². The van der Waals surface area contributed by atoms with Gasteiger partial charge in [-0.2, -0.15) is 21.6 Å². The molecule has 0 heterocycles. The second kappa shape index (κ2) is 9.67. The second-order valence-corrected chi connectivity index (χ2v) is 9.48. The van der Waals surface area contributed by atoms with Crippen molar-refractivity contribution in [2.45, 2.75) is 33.1 Å². The first kappa shape index (κ1) is 26.2. The number of hydrogen-bond acceptors (Lipinski definition) is 6. The Morgan fingerprint density at radius 3 is 2.20 bits per heavy atom. The lowest BCUT2D eigenvalue weighted by Gasteiger charge is -2.20. The summed E-state index contributed by atoms with van der Waals surface area (Å²) < 4.78 is 80.3. The Balaban J connectivity index is 1.97. The molecule has 0 aliphatic rings. The predicted octanol–water partition coefficient (Wildman–Crippen LogP) is 4.96. The van der Waals surface area contributed by atoms with E-state index in [2.05, 4.69) is 4.74 Å². The van der Waals surface area contributed by atoms with E-state index in [1.165, 1.54) is 36.4 Å². The molecule has 1 N–H and O–H groups in total. The zero-order chi connectivity index (χ0) is 26.1. The highest BCUT2D eigenvalue weighted by atomic mass is 32.2. The topological polar surface area (TPSA) is 107 Å². The minimum absolute atomic E-state index is 0.0611. The van der Waals surface area contributed by atoms with Crippen LogP contribution in [0.25, 0.3) is 10.8 Å². The number of esters is 2. The summed E-state index contributed by atoms with van der Waals surface area (Å²) >= 11 is 0. The lowest BCUT2D eigenvalue weighted by Crippen LogP contribution is -2.39. The Morgan fingerprint density at radius 1 is 0.943 bits per heavy atom. The normalized spacial score (nSPS) is 12.9. The third kappa shape index (κ3) is 6.17. The van der Waals surface area contributed by atoms with Crippen molar-refractivity contribution in [3.05, 3.63) is 76.3 Å². The van der Waals surface area contributed by atoms with Crippen LogP contribution in [0, 0.1) is 20.8 Å². The van der Waals surface area contributed by atoms with Gasteiger partial charge in [0, 0.05) is 5.39 Å². The monoisotopic (exact) mass is 510 g/mol. The maximum atomic E-state index is 13.2. The van der Waals surface area contributed by atoms with E-state index in [1.54, 1.807) is 13.0 Å². The number of fused-ring (bicyclic) bond motifs is 1. The molecule has 7 nitrogen and oxygen atoms in total. The molecule has 3 aromatic rings. The van der Waals surface area contributed by atoms with E-state index in [1.807, 2.05) is 19.9 Å². The van der Waals surface area contributed by atoms with Gasteiger partial charge < -0.3 is 9.47 Å². The highest BCUT2D eigenvalue weighted by molar-refractivity contribution is 7.85. The molecule has 11 heteroatoms. The zero-order valence-corrected chi connectivity index (χ0v) is 19.7. The molecule has 186 valence electrons. The molecular formula is C24H21F3O7S. The molecule has 1 unspecified atom stereocenters. The van der Waals surface area contributed by atoms with Gasteiger partial charge in [0.25, 0.3) is 10.1 Å². The van der Waals surface area contributed by atoms with Crippen LogP contribution < -0.4 is 4.74 Å². The van der Waals surface area contributed by atoms with Crippen molar-refractivity contribution in [1.82, 2.24) is 0 Å². The van der Waals surface area contributed by atoms with Gasteiger partial charge >= 0.3 is 18.1 Å². The Kier molecular flexibility index (Phi) is 7.23. The van der Waals surface area contributed by atoms with Crippen LogP contribution in [0.4, 0.5) is 13.2 Å². The number of alkyl halides is 3. The lowest BCUT2D eigenvalue weighted by molar-refractivity contribution is -0.197. The van der Waals surface area contributed by atoms with Gasteiger partial charge in [-0.25, -0.2) is 9.59 Å². The zero-order valence-electron chi connectivity index (χ0n) is 18.8. The smallest absolute Gasteiger partial charge is 0.426 e. The van der Waals surface area contributed by atoms with Crippen molar-refractivity contribution in [2.75, 3.05) is 5.75 Å². The molecule has 3 rings (SSSR count). The highest BCUT2D eigenvalue weighted by Gasteiger charge is 2.45. The van der Waals surface area contributed by atoms with Crippen LogP contribution in [0.15, 0.2) is 48.5 Å². The van der Waals surface area contributed by atoms with E-state index in [-0.39, 0.29) is 22.1 Å².